The minimum Gasteiger partial charge on any atom is -0.311 e. The van der Waals surface area contributed by atoms with Gasteiger partial charge in [-0.15, -0.1) is 0 Å². The Kier molecular flexibility index (Phi) is 4.69. The third-order valence-electron chi connectivity index (χ3n) is 2.77. The third kappa shape index (κ3) is 3.46. The van der Waals surface area contributed by atoms with Gasteiger partial charge in [0.1, 0.15) is 5.82 Å². The summed E-state index contributed by atoms with van der Waals surface area (Å²) in [6, 6.07) is 5.56. The minimum atomic E-state index is -0.144. The zero-order chi connectivity index (χ0) is 12.1. The van der Waals surface area contributed by atoms with Crippen molar-refractivity contribution in [3.63, 3.8) is 0 Å². The molecule has 0 fully saturated rings. The number of hydrogen-bond donors (Lipinski definition) is 1. The fourth-order valence-corrected chi connectivity index (χ4v) is 1.61. The Morgan fingerprint density at radius 2 is 2.19 bits per heavy atom. The van der Waals surface area contributed by atoms with Crippen molar-refractivity contribution in [2.45, 2.75) is 33.7 Å². The molecule has 0 aliphatic rings. The molecule has 0 aromatic heterocycles. The van der Waals surface area contributed by atoms with Crippen LogP contribution < -0.4 is 5.32 Å². The van der Waals surface area contributed by atoms with Crippen LogP contribution in [0.1, 0.15) is 31.9 Å². The fourth-order valence-electron chi connectivity index (χ4n) is 1.61. The lowest BCUT2D eigenvalue weighted by Gasteiger charge is -2.13. The summed E-state index contributed by atoms with van der Waals surface area (Å²) in [5.74, 6) is -0.144. The van der Waals surface area contributed by atoms with Crippen LogP contribution >= 0.6 is 0 Å². The van der Waals surface area contributed by atoms with Gasteiger partial charge >= 0.3 is 0 Å². The highest BCUT2D eigenvalue weighted by Crippen LogP contribution is 2.13. The molecule has 0 spiro atoms. The number of benzene rings is 1. The quantitative estimate of drug-likeness (QED) is 0.820. The zero-order valence-corrected chi connectivity index (χ0v) is 10.5. The van der Waals surface area contributed by atoms with Crippen LogP contribution in [0.25, 0.3) is 6.08 Å². The Labute approximate surface area is 97.4 Å². The highest BCUT2D eigenvalue weighted by Gasteiger charge is 2.02. The number of halogens is 1. The Hall–Kier alpha value is -1.15. The molecule has 0 saturated carbocycles. The molecule has 1 aromatic rings. The summed E-state index contributed by atoms with van der Waals surface area (Å²) in [7, 11) is 0. The van der Waals surface area contributed by atoms with Gasteiger partial charge in [-0.3, -0.25) is 0 Å². The van der Waals surface area contributed by atoms with Crippen molar-refractivity contribution in [3.8, 4) is 0 Å². The number of likely N-dealkylation sites (N-methyl/N-ethyl adjacent to an activating group) is 1. The minimum absolute atomic E-state index is 0.144. The molecular weight excluding hydrogens is 201 g/mol. The van der Waals surface area contributed by atoms with Crippen LogP contribution in [0.5, 0.6) is 0 Å². The standard InChI is InChI=1S/C14H20FN/c1-5-16-12(4)10(2)8-13-6-7-14(15)11(3)9-13/h6-9,12,16H,5H2,1-4H3/b10-8+. The molecule has 1 atom stereocenters. The molecule has 0 saturated heterocycles. The number of hydrogen-bond acceptors (Lipinski definition) is 1. The van der Waals surface area contributed by atoms with E-state index < -0.39 is 0 Å². The van der Waals surface area contributed by atoms with Crippen molar-refractivity contribution in [2.75, 3.05) is 6.54 Å². The SMILES string of the molecule is CCNC(C)/C(C)=C/c1ccc(F)c(C)c1. The van der Waals surface area contributed by atoms with Crippen molar-refractivity contribution in [2.24, 2.45) is 0 Å². The summed E-state index contributed by atoms with van der Waals surface area (Å²) in [5, 5.41) is 3.35. The molecule has 0 amide bonds. The van der Waals surface area contributed by atoms with Crippen molar-refractivity contribution in [1.29, 1.82) is 0 Å². The van der Waals surface area contributed by atoms with Gasteiger partial charge < -0.3 is 5.32 Å². The van der Waals surface area contributed by atoms with Gasteiger partial charge in [0, 0.05) is 6.04 Å². The third-order valence-corrected chi connectivity index (χ3v) is 2.77. The van der Waals surface area contributed by atoms with E-state index >= 15 is 0 Å². The first kappa shape index (κ1) is 12.9. The predicted molar refractivity (Wildman–Crippen MR) is 67.9 cm³/mol. The number of aryl methyl sites for hydroxylation is 1. The molecule has 88 valence electrons. The van der Waals surface area contributed by atoms with Gasteiger partial charge in [0.2, 0.25) is 0 Å². The molecule has 1 aromatic carbocycles. The fraction of sp³-hybridized carbons (Fsp3) is 0.429. The number of nitrogens with one attached hydrogen (secondary N) is 1. The summed E-state index contributed by atoms with van der Waals surface area (Å²) in [6.07, 6.45) is 2.10. The van der Waals surface area contributed by atoms with Crippen LogP contribution in [0.15, 0.2) is 23.8 Å². The summed E-state index contributed by atoms with van der Waals surface area (Å²) in [4.78, 5) is 0. The van der Waals surface area contributed by atoms with E-state index in [4.69, 9.17) is 0 Å². The van der Waals surface area contributed by atoms with Gasteiger partial charge in [0.05, 0.1) is 0 Å². The topological polar surface area (TPSA) is 12.0 Å². The van der Waals surface area contributed by atoms with E-state index in [1.165, 1.54) is 11.6 Å². The van der Waals surface area contributed by atoms with Gasteiger partial charge in [-0.05, 0) is 50.6 Å². The zero-order valence-electron chi connectivity index (χ0n) is 10.5. The Bertz CT molecular complexity index is 382. The molecule has 0 heterocycles. The average Bonchev–Trinajstić information content (AvgIpc) is 2.24. The van der Waals surface area contributed by atoms with Crippen molar-refractivity contribution < 1.29 is 4.39 Å². The van der Waals surface area contributed by atoms with Gasteiger partial charge in [-0.2, -0.15) is 0 Å². The summed E-state index contributed by atoms with van der Waals surface area (Å²) < 4.78 is 13.1. The van der Waals surface area contributed by atoms with E-state index in [2.05, 4.69) is 32.2 Å². The molecule has 1 rings (SSSR count). The van der Waals surface area contributed by atoms with E-state index in [-0.39, 0.29) is 5.82 Å². The molecule has 0 radical (unpaired) electrons. The average molecular weight is 221 g/mol. The van der Waals surface area contributed by atoms with Crippen LogP contribution in [0.3, 0.4) is 0 Å². The Morgan fingerprint density at radius 3 is 2.75 bits per heavy atom. The van der Waals surface area contributed by atoms with Crippen molar-refractivity contribution in [3.05, 3.63) is 40.7 Å². The first-order valence-electron chi connectivity index (χ1n) is 5.72. The highest BCUT2D eigenvalue weighted by atomic mass is 19.1. The normalized spacial score (nSPS) is 13.9. The maximum absolute atomic E-state index is 13.1. The van der Waals surface area contributed by atoms with Crippen LogP contribution in [0.2, 0.25) is 0 Å². The smallest absolute Gasteiger partial charge is 0.126 e. The molecule has 0 bridgehead atoms. The Morgan fingerprint density at radius 1 is 1.50 bits per heavy atom. The molecule has 2 heteroatoms. The molecule has 16 heavy (non-hydrogen) atoms. The molecule has 1 N–H and O–H groups in total. The van der Waals surface area contributed by atoms with Gasteiger partial charge in [-0.25, -0.2) is 4.39 Å². The second kappa shape index (κ2) is 5.80. The molecule has 0 aliphatic heterocycles. The predicted octanol–water partition coefficient (Wildman–Crippen LogP) is 3.54. The van der Waals surface area contributed by atoms with Crippen LogP contribution in [-0.4, -0.2) is 12.6 Å². The maximum atomic E-state index is 13.1. The molecule has 1 nitrogen and oxygen atoms in total. The van der Waals surface area contributed by atoms with E-state index in [9.17, 15) is 4.39 Å². The van der Waals surface area contributed by atoms with Crippen molar-refractivity contribution in [1.82, 2.24) is 5.32 Å². The lowest BCUT2D eigenvalue weighted by molar-refractivity contribution is 0.618. The largest absolute Gasteiger partial charge is 0.311 e. The molecular formula is C14H20FN. The molecule has 1 unspecified atom stereocenters. The first-order chi connectivity index (χ1) is 7.54. The van der Waals surface area contributed by atoms with Crippen molar-refractivity contribution >= 4 is 6.08 Å². The van der Waals surface area contributed by atoms with E-state index in [0.29, 0.717) is 11.6 Å². The van der Waals surface area contributed by atoms with E-state index in [0.717, 1.165) is 12.1 Å². The Balaban J connectivity index is 2.85. The first-order valence-corrected chi connectivity index (χ1v) is 5.72. The summed E-state index contributed by atoms with van der Waals surface area (Å²) in [6.45, 7) is 9.05. The highest BCUT2D eigenvalue weighted by molar-refractivity contribution is 5.54. The van der Waals surface area contributed by atoms with Gasteiger partial charge in [0.25, 0.3) is 0 Å². The second-order valence-electron chi connectivity index (χ2n) is 4.18. The van der Waals surface area contributed by atoms with E-state index in [1.54, 1.807) is 6.92 Å². The summed E-state index contributed by atoms with van der Waals surface area (Å²) in [5.41, 5.74) is 3.01. The lowest BCUT2D eigenvalue weighted by atomic mass is 10.0. The maximum Gasteiger partial charge on any atom is 0.126 e. The lowest BCUT2D eigenvalue weighted by Crippen LogP contribution is -2.26. The van der Waals surface area contributed by atoms with E-state index in [1.807, 2.05) is 12.1 Å². The second-order valence-corrected chi connectivity index (χ2v) is 4.18. The monoisotopic (exact) mass is 221 g/mol. The van der Waals surface area contributed by atoms with Crippen LogP contribution in [0.4, 0.5) is 4.39 Å². The van der Waals surface area contributed by atoms with Gasteiger partial charge in [0.15, 0.2) is 0 Å². The van der Waals surface area contributed by atoms with Gasteiger partial charge in [-0.1, -0.05) is 24.6 Å². The number of rotatable bonds is 4. The summed E-state index contributed by atoms with van der Waals surface area (Å²) >= 11 is 0. The molecule has 0 aliphatic carbocycles. The van der Waals surface area contributed by atoms with Crippen LogP contribution in [-0.2, 0) is 0 Å². The van der Waals surface area contributed by atoms with Crippen LogP contribution in [0, 0.1) is 12.7 Å².